The molecule has 1 saturated heterocycles. The Labute approximate surface area is 187 Å². The van der Waals surface area contributed by atoms with Crippen LogP contribution in [0.15, 0.2) is 38.8 Å². The third-order valence-electron chi connectivity index (χ3n) is 5.11. The Balaban J connectivity index is 1.59. The van der Waals surface area contributed by atoms with Gasteiger partial charge < -0.3 is 9.73 Å². The van der Waals surface area contributed by atoms with Crippen LogP contribution in [-0.4, -0.2) is 66.7 Å². The summed E-state index contributed by atoms with van der Waals surface area (Å²) < 4.78 is 32.9. The number of benzene rings is 1. The second-order valence-electron chi connectivity index (χ2n) is 7.62. The van der Waals surface area contributed by atoms with E-state index in [1.54, 1.807) is 18.2 Å². The van der Waals surface area contributed by atoms with E-state index in [0.717, 1.165) is 37.4 Å². The number of anilines is 1. The van der Waals surface area contributed by atoms with Crippen molar-refractivity contribution in [2.75, 3.05) is 38.3 Å². The van der Waals surface area contributed by atoms with Crippen molar-refractivity contribution in [2.45, 2.75) is 48.8 Å². The van der Waals surface area contributed by atoms with Gasteiger partial charge in [-0.3, -0.25) is 9.69 Å². The maximum Gasteiger partial charge on any atom is 0.277 e. The Bertz CT molecular complexity index is 987. The number of piperidine rings is 1. The van der Waals surface area contributed by atoms with Gasteiger partial charge in [-0.25, -0.2) is 8.42 Å². The van der Waals surface area contributed by atoms with E-state index in [4.69, 9.17) is 4.42 Å². The Morgan fingerprint density at radius 2 is 2.00 bits per heavy atom. The summed E-state index contributed by atoms with van der Waals surface area (Å²) in [6.07, 6.45) is 3.63. The molecular formula is C20H29N5O4S2. The average Bonchev–Trinajstić information content (AvgIpc) is 3.22. The Morgan fingerprint density at radius 3 is 2.68 bits per heavy atom. The number of nitrogens with one attached hydrogen (secondary N) is 1. The zero-order valence-corrected chi connectivity index (χ0v) is 19.7. The molecule has 1 aliphatic heterocycles. The van der Waals surface area contributed by atoms with Crippen LogP contribution in [-0.2, 0) is 14.8 Å². The third-order valence-corrected chi connectivity index (χ3v) is 7.83. The van der Waals surface area contributed by atoms with Gasteiger partial charge in [0.05, 0.1) is 16.7 Å². The molecule has 0 saturated carbocycles. The van der Waals surface area contributed by atoms with Crippen LogP contribution in [0.1, 0.15) is 44.5 Å². The maximum atomic E-state index is 12.8. The fourth-order valence-corrected chi connectivity index (χ4v) is 5.62. The van der Waals surface area contributed by atoms with Gasteiger partial charge in [-0.05, 0) is 51.6 Å². The zero-order chi connectivity index (χ0) is 22.4. The average molecular weight is 468 g/mol. The molecule has 1 N–H and O–H groups in total. The Kier molecular flexibility index (Phi) is 8.09. The topological polar surface area (TPSA) is 109 Å². The number of hydrogen-bond acceptors (Lipinski definition) is 8. The van der Waals surface area contributed by atoms with Gasteiger partial charge in [0.2, 0.25) is 21.8 Å². The first kappa shape index (κ1) is 23.7. The van der Waals surface area contributed by atoms with Gasteiger partial charge in [-0.1, -0.05) is 31.2 Å². The van der Waals surface area contributed by atoms with Crippen LogP contribution < -0.4 is 5.32 Å². The van der Waals surface area contributed by atoms with Crippen LogP contribution >= 0.6 is 11.8 Å². The second kappa shape index (κ2) is 10.6. The second-order valence-corrected chi connectivity index (χ2v) is 10.5. The minimum absolute atomic E-state index is 0.0280. The maximum absolute atomic E-state index is 12.8. The Morgan fingerprint density at radius 1 is 1.26 bits per heavy atom. The van der Waals surface area contributed by atoms with Crippen molar-refractivity contribution in [3.63, 3.8) is 0 Å². The first-order chi connectivity index (χ1) is 14.8. The molecule has 0 spiro atoms. The smallest absolute Gasteiger partial charge is 0.277 e. The molecule has 1 unspecified atom stereocenters. The number of nitrogens with zero attached hydrogens (tertiary/aromatic N) is 4. The van der Waals surface area contributed by atoms with Crippen molar-refractivity contribution >= 4 is 33.4 Å². The van der Waals surface area contributed by atoms with Crippen LogP contribution in [0.25, 0.3) is 0 Å². The lowest BCUT2D eigenvalue weighted by atomic mass is 10.2. The minimum Gasteiger partial charge on any atom is -0.414 e. The molecular weight excluding hydrogens is 438 g/mol. The number of hydrogen-bond donors (Lipinski definition) is 1. The highest BCUT2D eigenvalue weighted by atomic mass is 32.2. The molecule has 1 fully saturated rings. The lowest BCUT2D eigenvalue weighted by molar-refractivity contribution is -0.113. The van der Waals surface area contributed by atoms with E-state index in [2.05, 4.69) is 15.5 Å². The summed E-state index contributed by atoms with van der Waals surface area (Å²) in [6.45, 7) is 3.11. The summed E-state index contributed by atoms with van der Waals surface area (Å²) in [4.78, 5) is 14.6. The summed E-state index contributed by atoms with van der Waals surface area (Å²) in [5, 5.41) is 11.1. The molecule has 1 aromatic carbocycles. The van der Waals surface area contributed by atoms with Crippen LogP contribution in [0.5, 0.6) is 0 Å². The number of aromatic nitrogens is 2. The van der Waals surface area contributed by atoms with Gasteiger partial charge in [-0.2, -0.15) is 4.31 Å². The predicted octanol–water partition coefficient (Wildman–Crippen LogP) is 2.99. The first-order valence-corrected chi connectivity index (χ1v) is 12.8. The molecule has 11 heteroatoms. The van der Waals surface area contributed by atoms with Crippen molar-refractivity contribution in [3.05, 3.63) is 30.2 Å². The van der Waals surface area contributed by atoms with E-state index >= 15 is 0 Å². The van der Waals surface area contributed by atoms with Gasteiger partial charge in [0.15, 0.2) is 0 Å². The van der Waals surface area contributed by atoms with E-state index in [9.17, 15) is 13.2 Å². The van der Waals surface area contributed by atoms with E-state index in [1.165, 1.54) is 10.4 Å². The van der Waals surface area contributed by atoms with Crippen molar-refractivity contribution < 1.29 is 17.6 Å². The lowest BCUT2D eigenvalue weighted by Gasteiger charge is -2.26. The molecule has 9 nitrogen and oxygen atoms in total. The molecule has 0 radical (unpaired) electrons. The monoisotopic (exact) mass is 467 g/mol. The highest BCUT2D eigenvalue weighted by molar-refractivity contribution is 7.99. The van der Waals surface area contributed by atoms with Crippen LogP contribution in [0.2, 0.25) is 0 Å². The molecule has 31 heavy (non-hydrogen) atoms. The fraction of sp³-hybridized carbons (Fsp3) is 0.550. The van der Waals surface area contributed by atoms with Gasteiger partial charge in [0.1, 0.15) is 0 Å². The number of carbonyl (C=O) groups is 1. The lowest BCUT2D eigenvalue weighted by Crippen LogP contribution is -2.35. The van der Waals surface area contributed by atoms with Crippen molar-refractivity contribution in [3.8, 4) is 0 Å². The Hall–Kier alpha value is -1.95. The van der Waals surface area contributed by atoms with Crippen molar-refractivity contribution in [2.24, 2.45) is 0 Å². The number of amides is 1. The molecule has 1 atom stereocenters. The van der Waals surface area contributed by atoms with Gasteiger partial charge >= 0.3 is 0 Å². The quantitative estimate of drug-likeness (QED) is 0.561. The summed E-state index contributed by atoms with van der Waals surface area (Å²) >= 11 is 1.14. The highest BCUT2D eigenvalue weighted by Crippen LogP contribution is 2.25. The highest BCUT2D eigenvalue weighted by Gasteiger charge is 2.26. The van der Waals surface area contributed by atoms with Crippen LogP contribution in [0, 0.1) is 0 Å². The van der Waals surface area contributed by atoms with Gasteiger partial charge in [0.25, 0.3) is 5.22 Å². The van der Waals surface area contributed by atoms with E-state index in [1.807, 2.05) is 25.9 Å². The number of rotatable bonds is 9. The minimum atomic E-state index is -3.55. The normalized spacial score (nSPS) is 16.4. The summed E-state index contributed by atoms with van der Waals surface area (Å²) in [5.74, 6) is 0.312. The van der Waals surface area contributed by atoms with E-state index in [-0.39, 0.29) is 22.6 Å². The van der Waals surface area contributed by atoms with Gasteiger partial charge in [-0.15, -0.1) is 10.2 Å². The molecule has 0 aliphatic carbocycles. The third kappa shape index (κ3) is 6.06. The molecule has 3 rings (SSSR count). The van der Waals surface area contributed by atoms with Crippen molar-refractivity contribution in [1.82, 2.24) is 19.4 Å². The molecule has 1 aromatic heterocycles. The summed E-state index contributed by atoms with van der Waals surface area (Å²) in [7, 11) is 0.334. The van der Waals surface area contributed by atoms with E-state index in [0.29, 0.717) is 29.9 Å². The number of sulfonamides is 1. The number of carbonyl (C=O) groups excluding carboxylic acids is 1. The molecule has 1 aliphatic rings. The molecule has 2 aromatic rings. The van der Waals surface area contributed by atoms with Crippen LogP contribution in [0.3, 0.4) is 0 Å². The SMILES string of the molecule is CCC(c1nnc(SCC(=O)Nc2cccc(S(=O)(=O)N3CCCCC3)c2)o1)N(C)C. The zero-order valence-electron chi connectivity index (χ0n) is 18.1. The standard InChI is InChI=1S/C20H29N5O4S2/c1-4-17(24(2)3)19-22-23-20(29-19)30-14-18(26)21-15-9-8-10-16(13-15)31(27,28)25-11-6-5-7-12-25/h8-10,13,17H,4-7,11-12,14H2,1-3H3,(H,21,26). The largest absolute Gasteiger partial charge is 0.414 e. The number of thioether (sulfide) groups is 1. The summed E-state index contributed by atoms with van der Waals surface area (Å²) in [5.41, 5.74) is 0.438. The molecule has 0 bridgehead atoms. The molecule has 1 amide bonds. The van der Waals surface area contributed by atoms with Crippen LogP contribution in [0.4, 0.5) is 5.69 Å². The molecule has 2 heterocycles. The van der Waals surface area contributed by atoms with Crippen molar-refractivity contribution in [1.29, 1.82) is 0 Å². The first-order valence-electron chi connectivity index (χ1n) is 10.3. The fourth-order valence-electron chi connectivity index (χ4n) is 3.49. The predicted molar refractivity (Wildman–Crippen MR) is 119 cm³/mol. The van der Waals surface area contributed by atoms with Gasteiger partial charge in [0, 0.05) is 18.8 Å². The van der Waals surface area contributed by atoms with E-state index < -0.39 is 10.0 Å². The molecule has 170 valence electrons. The summed E-state index contributed by atoms with van der Waals surface area (Å²) in [6, 6.07) is 6.39.